The standard InChI is InChI=1S/C25H26N2O5/c28-23(26-11-10-17(14-26)24(29)30)16-9-12-27(13-16)25(31)32-15-22-20-7-3-1-5-18(20)19-6-2-4-8-21(19)22/h1-8,16-17,22H,9-15H2,(H,29,30). The van der Waals surface area contributed by atoms with E-state index >= 15 is 0 Å². The first-order valence-electron chi connectivity index (χ1n) is 11.1. The molecule has 5 rings (SSSR count). The Kier molecular flexibility index (Phi) is 5.33. The van der Waals surface area contributed by atoms with Crippen molar-refractivity contribution in [3.8, 4) is 11.1 Å². The van der Waals surface area contributed by atoms with Crippen molar-refractivity contribution in [2.75, 3.05) is 32.8 Å². The number of carboxylic acid groups (broad SMARTS) is 1. The number of likely N-dealkylation sites (tertiary alicyclic amines) is 2. The Morgan fingerprint density at radius 1 is 0.844 bits per heavy atom. The van der Waals surface area contributed by atoms with Gasteiger partial charge in [-0.3, -0.25) is 9.59 Å². The van der Waals surface area contributed by atoms with Crippen LogP contribution in [0.2, 0.25) is 0 Å². The van der Waals surface area contributed by atoms with E-state index in [9.17, 15) is 14.4 Å². The summed E-state index contributed by atoms with van der Waals surface area (Å²) in [5, 5.41) is 9.16. The third kappa shape index (κ3) is 3.61. The van der Waals surface area contributed by atoms with E-state index in [1.54, 1.807) is 9.80 Å². The minimum atomic E-state index is -0.855. The number of rotatable bonds is 4. The number of fused-ring (bicyclic) bond motifs is 3. The zero-order valence-electron chi connectivity index (χ0n) is 17.8. The van der Waals surface area contributed by atoms with Crippen molar-refractivity contribution >= 4 is 18.0 Å². The van der Waals surface area contributed by atoms with Gasteiger partial charge in [-0.05, 0) is 35.1 Å². The highest BCUT2D eigenvalue weighted by Gasteiger charge is 2.38. The van der Waals surface area contributed by atoms with Gasteiger partial charge in [0, 0.05) is 32.1 Å². The monoisotopic (exact) mass is 434 g/mol. The number of amides is 2. The first-order chi connectivity index (χ1) is 15.5. The number of benzene rings is 2. The number of hydrogen-bond acceptors (Lipinski definition) is 4. The zero-order valence-corrected chi connectivity index (χ0v) is 17.8. The van der Waals surface area contributed by atoms with Gasteiger partial charge in [-0.1, -0.05) is 48.5 Å². The molecule has 0 bridgehead atoms. The van der Waals surface area contributed by atoms with Crippen LogP contribution < -0.4 is 0 Å². The van der Waals surface area contributed by atoms with Gasteiger partial charge in [-0.25, -0.2) is 4.79 Å². The summed E-state index contributed by atoms with van der Waals surface area (Å²) in [6.45, 7) is 1.79. The second-order valence-electron chi connectivity index (χ2n) is 8.84. The molecule has 1 N–H and O–H groups in total. The lowest BCUT2D eigenvalue weighted by molar-refractivity contribution is -0.141. The minimum absolute atomic E-state index is 0.00364. The summed E-state index contributed by atoms with van der Waals surface area (Å²) in [5.41, 5.74) is 4.69. The topological polar surface area (TPSA) is 87.2 Å². The molecule has 2 heterocycles. The van der Waals surface area contributed by atoms with Crippen LogP contribution in [0.5, 0.6) is 0 Å². The molecule has 0 radical (unpaired) electrons. The highest BCUT2D eigenvalue weighted by Crippen LogP contribution is 2.44. The summed E-state index contributed by atoms with van der Waals surface area (Å²) in [5.74, 6) is -1.68. The van der Waals surface area contributed by atoms with E-state index in [2.05, 4.69) is 24.3 Å². The zero-order chi connectivity index (χ0) is 22.2. The van der Waals surface area contributed by atoms with Gasteiger partial charge in [0.1, 0.15) is 6.61 Å². The van der Waals surface area contributed by atoms with Crippen LogP contribution >= 0.6 is 0 Å². The molecule has 2 amide bonds. The summed E-state index contributed by atoms with van der Waals surface area (Å²) in [6, 6.07) is 16.4. The maximum absolute atomic E-state index is 12.8. The van der Waals surface area contributed by atoms with Gasteiger partial charge in [-0.15, -0.1) is 0 Å². The normalized spacial score (nSPS) is 22.0. The molecule has 2 aliphatic heterocycles. The Hall–Kier alpha value is -3.35. The van der Waals surface area contributed by atoms with Gasteiger partial charge in [-0.2, -0.15) is 0 Å². The predicted molar refractivity (Wildman–Crippen MR) is 117 cm³/mol. The van der Waals surface area contributed by atoms with E-state index in [1.807, 2.05) is 24.3 Å². The third-order valence-corrected chi connectivity index (χ3v) is 6.98. The van der Waals surface area contributed by atoms with E-state index < -0.39 is 18.0 Å². The van der Waals surface area contributed by atoms with Gasteiger partial charge in [0.05, 0.1) is 11.8 Å². The molecule has 166 valence electrons. The Morgan fingerprint density at radius 2 is 1.41 bits per heavy atom. The van der Waals surface area contributed by atoms with E-state index in [0.717, 1.165) is 11.1 Å². The quantitative estimate of drug-likeness (QED) is 0.799. The fourth-order valence-electron chi connectivity index (χ4n) is 5.23. The molecule has 2 saturated heterocycles. The fraction of sp³-hybridized carbons (Fsp3) is 0.400. The molecular weight excluding hydrogens is 408 g/mol. The summed E-state index contributed by atoms with van der Waals surface area (Å²) in [4.78, 5) is 39.9. The highest BCUT2D eigenvalue weighted by atomic mass is 16.6. The summed E-state index contributed by atoms with van der Waals surface area (Å²) < 4.78 is 5.71. The van der Waals surface area contributed by atoms with Crippen molar-refractivity contribution in [1.29, 1.82) is 0 Å². The molecule has 0 aromatic heterocycles. The molecular formula is C25H26N2O5. The van der Waals surface area contributed by atoms with Crippen molar-refractivity contribution in [3.05, 3.63) is 59.7 Å². The van der Waals surface area contributed by atoms with Gasteiger partial charge in [0.2, 0.25) is 5.91 Å². The number of aliphatic carboxylic acids is 1. The smallest absolute Gasteiger partial charge is 0.409 e. The molecule has 2 unspecified atom stereocenters. The average Bonchev–Trinajstić information content (AvgIpc) is 3.55. The first kappa shape index (κ1) is 20.5. The molecule has 7 heteroatoms. The Morgan fingerprint density at radius 3 is 2.03 bits per heavy atom. The number of carbonyl (C=O) groups is 3. The fourth-order valence-corrected chi connectivity index (χ4v) is 5.23. The van der Waals surface area contributed by atoms with Crippen LogP contribution in [0.1, 0.15) is 29.9 Å². The number of nitrogens with zero attached hydrogens (tertiary/aromatic N) is 2. The number of carboxylic acids is 1. The number of hydrogen-bond donors (Lipinski definition) is 1. The molecule has 2 aromatic carbocycles. The lowest BCUT2D eigenvalue weighted by Crippen LogP contribution is -2.37. The maximum Gasteiger partial charge on any atom is 0.409 e. The number of ether oxygens (including phenoxy) is 1. The molecule has 2 aromatic rings. The predicted octanol–water partition coefficient (Wildman–Crippen LogP) is 3.19. The second-order valence-corrected chi connectivity index (χ2v) is 8.84. The molecule has 1 aliphatic carbocycles. The van der Waals surface area contributed by atoms with Crippen molar-refractivity contribution in [1.82, 2.24) is 9.80 Å². The van der Waals surface area contributed by atoms with Gasteiger partial charge in [0.25, 0.3) is 0 Å². The lowest BCUT2D eigenvalue weighted by Gasteiger charge is -2.21. The summed E-state index contributed by atoms with van der Waals surface area (Å²) in [6.07, 6.45) is 0.674. The van der Waals surface area contributed by atoms with Crippen molar-refractivity contribution in [2.24, 2.45) is 11.8 Å². The van der Waals surface area contributed by atoms with Gasteiger partial charge < -0.3 is 19.6 Å². The largest absolute Gasteiger partial charge is 0.481 e. The van der Waals surface area contributed by atoms with Crippen LogP contribution in [-0.2, 0) is 14.3 Å². The van der Waals surface area contributed by atoms with Crippen molar-refractivity contribution in [3.63, 3.8) is 0 Å². The van der Waals surface area contributed by atoms with Crippen molar-refractivity contribution in [2.45, 2.75) is 18.8 Å². The molecule has 7 nitrogen and oxygen atoms in total. The third-order valence-electron chi connectivity index (χ3n) is 6.98. The van der Waals surface area contributed by atoms with Gasteiger partial charge >= 0.3 is 12.1 Å². The van der Waals surface area contributed by atoms with E-state index in [4.69, 9.17) is 9.84 Å². The van der Waals surface area contributed by atoms with Crippen LogP contribution in [0.15, 0.2) is 48.5 Å². The Balaban J connectivity index is 1.19. The molecule has 2 fully saturated rings. The SMILES string of the molecule is O=C(O)C1CCN(C(=O)C2CCN(C(=O)OCC3c4ccccc4-c4ccccc43)C2)C1. The van der Waals surface area contributed by atoms with Crippen LogP contribution in [-0.4, -0.2) is 65.7 Å². The van der Waals surface area contributed by atoms with Crippen LogP contribution in [0.3, 0.4) is 0 Å². The highest BCUT2D eigenvalue weighted by molar-refractivity contribution is 5.82. The number of carbonyl (C=O) groups excluding carboxylic acids is 2. The maximum atomic E-state index is 12.8. The van der Waals surface area contributed by atoms with E-state index in [0.29, 0.717) is 32.5 Å². The van der Waals surface area contributed by atoms with Gasteiger partial charge in [0.15, 0.2) is 0 Å². The first-order valence-corrected chi connectivity index (χ1v) is 11.1. The second kappa shape index (κ2) is 8.30. The molecule has 3 aliphatic rings. The van der Waals surface area contributed by atoms with E-state index in [-0.39, 0.29) is 30.9 Å². The van der Waals surface area contributed by atoms with Crippen molar-refractivity contribution < 1.29 is 24.2 Å². The minimum Gasteiger partial charge on any atom is -0.481 e. The van der Waals surface area contributed by atoms with E-state index in [1.165, 1.54) is 11.1 Å². The Bertz CT molecular complexity index is 1020. The lowest BCUT2D eigenvalue weighted by atomic mass is 9.98. The van der Waals surface area contributed by atoms with Crippen LogP contribution in [0, 0.1) is 11.8 Å². The molecule has 32 heavy (non-hydrogen) atoms. The summed E-state index contributed by atoms with van der Waals surface area (Å²) >= 11 is 0. The average molecular weight is 434 g/mol. The Labute approximate surface area is 186 Å². The summed E-state index contributed by atoms with van der Waals surface area (Å²) in [7, 11) is 0. The van der Waals surface area contributed by atoms with Crippen LogP contribution in [0.4, 0.5) is 4.79 Å². The molecule has 2 atom stereocenters. The van der Waals surface area contributed by atoms with Crippen LogP contribution in [0.25, 0.3) is 11.1 Å². The molecule has 0 saturated carbocycles. The molecule has 0 spiro atoms.